The maximum absolute atomic E-state index is 13.2. The molecule has 1 heterocycles. The molecule has 0 unspecified atom stereocenters. The van der Waals surface area contributed by atoms with E-state index in [-0.39, 0.29) is 17.6 Å². The fraction of sp³-hybridized carbons (Fsp3) is 0.0714. The van der Waals surface area contributed by atoms with Gasteiger partial charge >= 0.3 is 5.97 Å². The van der Waals surface area contributed by atoms with Gasteiger partial charge in [-0.25, -0.2) is 18.3 Å². The number of fused-ring (bicyclic) bond motifs is 1. The number of hydrogen-bond donors (Lipinski definition) is 1. The number of hydrogen-bond acceptors (Lipinski definition) is 3. The highest BCUT2D eigenvalue weighted by molar-refractivity contribution is 6.00. The van der Waals surface area contributed by atoms with Crippen LogP contribution in [0.1, 0.15) is 15.9 Å². The molecule has 106 valence electrons. The van der Waals surface area contributed by atoms with Crippen LogP contribution < -0.4 is 0 Å². The van der Waals surface area contributed by atoms with Crippen molar-refractivity contribution >= 4 is 17.0 Å². The number of aromatic nitrogens is 3. The Kier molecular flexibility index (Phi) is 3.09. The normalized spacial score (nSPS) is 11.0. The smallest absolute Gasteiger partial charge is 0.338 e. The molecule has 0 amide bonds. The molecule has 3 rings (SSSR count). The molecule has 7 heteroatoms. The topological polar surface area (TPSA) is 68.0 Å². The molecule has 0 aliphatic rings. The third-order valence-electron chi connectivity index (χ3n) is 3.09. The van der Waals surface area contributed by atoms with Gasteiger partial charge in [-0.2, -0.15) is 0 Å². The van der Waals surface area contributed by atoms with Crippen LogP contribution in [0.4, 0.5) is 8.78 Å². The maximum Gasteiger partial charge on any atom is 0.338 e. The Balaban J connectivity index is 2.03. The number of carbonyl (C=O) groups is 1. The monoisotopic (exact) mass is 289 g/mol. The summed E-state index contributed by atoms with van der Waals surface area (Å²) in [6.07, 6.45) is 0. The third-order valence-corrected chi connectivity index (χ3v) is 3.09. The van der Waals surface area contributed by atoms with E-state index in [1.807, 2.05) is 0 Å². The van der Waals surface area contributed by atoms with Crippen molar-refractivity contribution in [2.24, 2.45) is 0 Å². The van der Waals surface area contributed by atoms with Crippen LogP contribution in [0.3, 0.4) is 0 Å². The molecule has 0 spiro atoms. The molecule has 5 nitrogen and oxygen atoms in total. The second-order valence-corrected chi connectivity index (χ2v) is 4.47. The molecule has 0 saturated heterocycles. The van der Waals surface area contributed by atoms with Crippen molar-refractivity contribution < 1.29 is 18.7 Å². The van der Waals surface area contributed by atoms with E-state index in [0.29, 0.717) is 11.1 Å². The highest BCUT2D eigenvalue weighted by Crippen LogP contribution is 2.18. The Morgan fingerprint density at radius 3 is 2.71 bits per heavy atom. The van der Waals surface area contributed by atoms with Crippen LogP contribution in [-0.2, 0) is 6.54 Å². The molecule has 3 aromatic rings. The van der Waals surface area contributed by atoms with Crippen LogP contribution in [0.15, 0.2) is 36.4 Å². The van der Waals surface area contributed by atoms with Crippen molar-refractivity contribution in [3.05, 3.63) is 59.2 Å². The summed E-state index contributed by atoms with van der Waals surface area (Å²) in [6, 6.07) is 8.23. The van der Waals surface area contributed by atoms with Crippen LogP contribution in [0, 0.1) is 11.6 Å². The van der Waals surface area contributed by atoms with Gasteiger partial charge in [0, 0.05) is 0 Å². The molecule has 0 bridgehead atoms. The number of nitrogens with zero attached hydrogens (tertiary/aromatic N) is 3. The third kappa shape index (κ3) is 2.33. The fourth-order valence-corrected chi connectivity index (χ4v) is 2.09. The largest absolute Gasteiger partial charge is 0.478 e. The average Bonchev–Trinajstić information content (AvgIpc) is 2.86. The lowest BCUT2D eigenvalue weighted by molar-refractivity contribution is 0.0699. The second-order valence-electron chi connectivity index (χ2n) is 4.47. The molecular weight excluding hydrogens is 280 g/mol. The minimum atomic E-state index is -1.10. The van der Waals surface area contributed by atoms with Crippen molar-refractivity contribution in [3.63, 3.8) is 0 Å². The van der Waals surface area contributed by atoms with E-state index in [1.165, 1.54) is 16.8 Å². The molecule has 0 fully saturated rings. The summed E-state index contributed by atoms with van der Waals surface area (Å²) in [6.45, 7) is 0.163. The molecule has 0 atom stereocenters. The number of carboxylic acids is 1. The van der Waals surface area contributed by atoms with Gasteiger partial charge in [0.15, 0.2) is 11.6 Å². The number of halogens is 2. The van der Waals surface area contributed by atoms with Crippen LogP contribution >= 0.6 is 0 Å². The van der Waals surface area contributed by atoms with E-state index in [0.717, 1.165) is 12.1 Å². The summed E-state index contributed by atoms with van der Waals surface area (Å²) in [4.78, 5) is 11.1. The van der Waals surface area contributed by atoms with E-state index in [2.05, 4.69) is 10.3 Å². The van der Waals surface area contributed by atoms with Gasteiger partial charge in [0.25, 0.3) is 0 Å². The van der Waals surface area contributed by atoms with Crippen molar-refractivity contribution in [1.29, 1.82) is 0 Å². The average molecular weight is 289 g/mol. The standard InChI is InChI=1S/C14H9F2N3O2/c15-10-5-4-8(6-11(10)16)7-19-12-3-1-2-9(14(20)21)13(12)17-18-19/h1-6H,7H2,(H,20,21). The quantitative estimate of drug-likeness (QED) is 0.804. The van der Waals surface area contributed by atoms with Gasteiger partial charge < -0.3 is 5.11 Å². The first-order valence-electron chi connectivity index (χ1n) is 6.05. The zero-order valence-corrected chi connectivity index (χ0v) is 10.6. The van der Waals surface area contributed by atoms with Crippen molar-refractivity contribution in [2.75, 3.05) is 0 Å². The van der Waals surface area contributed by atoms with Crippen LogP contribution in [0.25, 0.3) is 11.0 Å². The molecule has 2 aromatic carbocycles. The maximum atomic E-state index is 13.2. The molecule has 1 N–H and O–H groups in total. The Labute approximate surface area is 117 Å². The number of aromatic carboxylic acids is 1. The molecular formula is C14H9F2N3O2. The lowest BCUT2D eigenvalue weighted by atomic mass is 10.1. The van der Waals surface area contributed by atoms with Gasteiger partial charge in [0.05, 0.1) is 17.6 Å². The lowest BCUT2D eigenvalue weighted by Crippen LogP contribution is -2.03. The van der Waals surface area contributed by atoms with Crippen LogP contribution in [0.5, 0.6) is 0 Å². The summed E-state index contributed by atoms with van der Waals surface area (Å²) < 4.78 is 27.5. The summed E-state index contributed by atoms with van der Waals surface area (Å²) in [5.74, 6) is -2.96. The molecule has 0 radical (unpaired) electrons. The van der Waals surface area contributed by atoms with Gasteiger partial charge in [-0.15, -0.1) is 5.10 Å². The van der Waals surface area contributed by atoms with Gasteiger partial charge in [0.1, 0.15) is 5.52 Å². The first-order valence-corrected chi connectivity index (χ1v) is 6.05. The van der Waals surface area contributed by atoms with E-state index >= 15 is 0 Å². The predicted molar refractivity (Wildman–Crippen MR) is 69.9 cm³/mol. The summed E-state index contributed by atoms with van der Waals surface area (Å²) in [5.41, 5.74) is 1.32. The first-order chi connectivity index (χ1) is 10.1. The SMILES string of the molecule is O=C(O)c1cccc2c1nnn2Cc1ccc(F)c(F)c1. The first kappa shape index (κ1) is 13.2. The van der Waals surface area contributed by atoms with E-state index in [9.17, 15) is 13.6 Å². The Bertz CT molecular complexity index is 845. The van der Waals surface area contributed by atoms with E-state index in [4.69, 9.17) is 5.11 Å². The highest BCUT2D eigenvalue weighted by Gasteiger charge is 2.14. The van der Waals surface area contributed by atoms with Gasteiger partial charge in [-0.1, -0.05) is 17.3 Å². The summed E-state index contributed by atoms with van der Waals surface area (Å²) >= 11 is 0. The van der Waals surface area contributed by atoms with Crippen molar-refractivity contribution in [3.8, 4) is 0 Å². The lowest BCUT2D eigenvalue weighted by Gasteiger charge is -2.03. The molecule has 0 aliphatic heterocycles. The Hall–Kier alpha value is -2.83. The van der Waals surface area contributed by atoms with Crippen LogP contribution in [0.2, 0.25) is 0 Å². The predicted octanol–water partition coefficient (Wildman–Crippen LogP) is 2.46. The van der Waals surface area contributed by atoms with E-state index < -0.39 is 17.6 Å². The zero-order chi connectivity index (χ0) is 15.0. The van der Waals surface area contributed by atoms with Gasteiger partial charge in [-0.3, -0.25) is 0 Å². The number of rotatable bonds is 3. The highest BCUT2D eigenvalue weighted by atomic mass is 19.2. The minimum Gasteiger partial charge on any atom is -0.478 e. The summed E-state index contributed by atoms with van der Waals surface area (Å²) in [5, 5.41) is 16.8. The molecule has 21 heavy (non-hydrogen) atoms. The van der Waals surface area contributed by atoms with Gasteiger partial charge in [-0.05, 0) is 29.8 Å². The fourth-order valence-electron chi connectivity index (χ4n) is 2.09. The minimum absolute atomic E-state index is 0.0454. The van der Waals surface area contributed by atoms with Crippen LogP contribution in [-0.4, -0.2) is 26.1 Å². The van der Waals surface area contributed by atoms with E-state index in [1.54, 1.807) is 12.1 Å². The Morgan fingerprint density at radius 1 is 1.19 bits per heavy atom. The number of carboxylic acid groups (broad SMARTS) is 1. The second kappa shape index (κ2) is 4.93. The van der Waals surface area contributed by atoms with Crippen molar-refractivity contribution in [1.82, 2.24) is 15.0 Å². The zero-order valence-electron chi connectivity index (χ0n) is 10.6. The number of benzene rings is 2. The summed E-state index contributed by atoms with van der Waals surface area (Å²) in [7, 11) is 0. The molecule has 0 aliphatic carbocycles. The Morgan fingerprint density at radius 2 is 2.00 bits per heavy atom. The molecule has 0 saturated carbocycles. The van der Waals surface area contributed by atoms with Gasteiger partial charge in [0.2, 0.25) is 0 Å². The molecule has 1 aromatic heterocycles. The van der Waals surface area contributed by atoms with Crippen molar-refractivity contribution in [2.45, 2.75) is 6.54 Å².